The Morgan fingerprint density at radius 1 is 1.24 bits per heavy atom. The number of carbonyl (C=O) groups is 2. The molecule has 4 rings (SSSR count). The highest BCUT2D eigenvalue weighted by Crippen LogP contribution is 2.34. The molecule has 2 fully saturated rings. The summed E-state index contributed by atoms with van der Waals surface area (Å²) in [4.78, 5) is 28.6. The molecule has 1 aromatic rings. The first-order valence-electron chi connectivity index (χ1n) is 9.20. The summed E-state index contributed by atoms with van der Waals surface area (Å²) in [6, 6.07) is 5.98. The summed E-state index contributed by atoms with van der Waals surface area (Å²) in [6.45, 7) is 2.34. The number of benzene rings is 1. The number of fused-ring (bicyclic) bond motifs is 1. The van der Waals surface area contributed by atoms with Gasteiger partial charge in [-0.1, -0.05) is 0 Å². The highest BCUT2D eigenvalue weighted by molar-refractivity contribution is 5.96. The van der Waals surface area contributed by atoms with Gasteiger partial charge in [0.1, 0.15) is 11.9 Å². The van der Waals surface area contributed by atoms with Crippen molar-refractivity contribution in [3.63, 3.8) is 0 Å². The van der Waals surface area contributed by atoms with Gasteiger partial charge in [0.2, 0.25) is 5.91 Å². The lowest BCUT2D eigenvalue weighted by atomic mass is 10.1. The van der Waals surface area contributed by atoms with E-state index in [0.29, 0.717) is 24.6 Å². The Bertz CT molecular complexity index is 680. The van der Waals surface area contributed by atoms with Crippen molar-refractivity contribution < 1.29 is 14.3 Å². The van der Waals surface area contributed by atoms with Crippen LogP contribution < -0.4 is 15.0 Å². The summed E-state index contributed by atoms with van der Waals surface area (Å²) >= 11 is 0. The van der Waals surface area contributed by atoms with Crippen molar-refractivity contribution in [2.24, 2.45) is 0 Å². The smallest absolute Gasteiger partial charge is 0.253 e. The van der Waals surface area contributed by atoms with Gasteiger partial charge in [0.05, 0.1) is 18.7 Å². The van der Waals surface area contributed by atoms with Crippen LogP contribution in [0.5, 0.6) is 5.75 Å². The minimum Gasteiger partial charge on any atom is -0.486 e. The molecule has 1 N–H and O–H groups in total. The lowest BCUT2D eigenvalue weighted by Gasteiger charge is -2.34. The van der Waals surface area contributed by atoms with Crippen LogP contribution >= 0.6 is 0 Å². The first-order valence-corrected chi connectivity index (χ1v) is 9.20. The molecule has 1 saturated heterocycles. The number of carbonyl (C=O) groups excluding carboxylic acids is 2. The number of nitrogens with zero attached hydrogens (tertiary/aromatic N) is 2. The fourth-order valence-electron chi connectivity index (χ4n) is 3.60. The minimum absolute atomic E-state index is 0.0604. The van der Waals surface area contributed by atoms with Gasteiger partial charge in [-0.3, -0.25) is 9.59 Å². The molecule has 0 aromatic heterocycles. The molecule has 0 bridgehead atoms. The van der Waals surface area contributed by atoms with Crippen LogP contribution in [-0.4, -0.2) is 55.5 Å². The van der Waals surface area contributed by atoms with Gasteiger partial charge >= 0.3 is 0 Å². The second-order valence-corrected chi connectivity index (χ2v) is 7.35. The molecular weight excluding hydrogens is 318 g/mol. The zero-order valence-corrected chi connectivity index (χ0v) is 14.7. The predicted molar refractivity (Wildman–Crippen MR) is 95.0 cm³/mol. The third-order valence-corrected chi connectivity index (χ3v) is 5.14. The van der Waals surface area contributed by atoms with Crippen LogP contribution in [0.1, 0.15) is 42.5 Å². The van der Waals surface area contributed by atoms with E-state index in [9.17, 15) is 9.59 Å². The Kier molecular flexibility index (Phi) is 4.27. The minimum atomic E-state index is -0.156. The van der Waals surface area contributed by atoms with Gasteiger partial charge in [-0.2, -0.15) is 0 Å². The number of hydrogen-bond acceptors (Lipinski definition) is 4. The number of amides is 2. The normalized spacial score (nSPS) is 22.4. The summed E-state index contributed by atoms with van der Waals surface area (Å²) in [5.41, 5.74) is 1.63. The average Bonchev–Trinajstić information content (AvgIpc) is 3.23. The Hall–Kier alpha value is -2.24. The lowest BCUT2D eigenvalue weighted by molar-refractivity contribution is -0.122. The van der Waals surface area contributed by atoms with Crippen LogP contribution in [0.15, 0.2) is 18.2 Å². The Labute approximate surface area is 148 Å². The topological polar surface area (TPSA) is 61.9 Å². The quantitative estimate of drug-likeness (QED) is 0.905. The summed E-state index contributed by atoms with van der Waals surface area (Å²) in [5.74, 6) is 0.903. The van der Waals surface area contributed by atoms with E-state index in [-0.39, 0.29) is 17.9 Å². The van der Waals surface area contributed by atoms with Gasteiger partial charge in [-0.05, 0) is 43.9 Å². The van der Waals surface area contributed by atoms with Crippen LogP contribution in [0.3, 0.4) is 0 Å². The third kappa shape index (κ3) is 3.57. The van der Waals surface area contributed by atoms with E-state index in [1.165, 1.54) is 0 Å². The molecule has 1 atom stereocenters. The molecule has 0 radical (unpaired) electrons. The third-order valence-electron chi connectivity index (χ3n) is 5.14. The van der Waals surface area contributed by atoms with Crippen LogP contribution in [0.4, 0.5) is 5.69 Å². The summed E-state index contributed by atoms with van der Waals surface area (Å²) in [5, 5.41) is 3.01. The molecule has 0 unspecified atom stereocenters. The molecular formula is C19H25N3O3. The lowest BCUT2D eigenvalue weighted by Crippen LogP contribution is -2.41. The first kappa shape index (κ1) is 16.2. The van der Waals surface area contributed by atoms with Crippen molar-refractivity contribution in [1.82, 2.24) is 10.2 Å². The maximum Gasteiger partial charge on any atom is 0.253 e. The zero-order chi connectivity index (χ0) is 17.4. The van der Waals surface area contributed by atoms with Gasteiger partial charge in [0.25, 0.3) is 5.91 Å². The summed E-state index contributed by atoms with van der Waals surface area (Å²) in [6.07, 6.45) is 4.57. The van der Waals surface area contributed by atoms with Crippen molar-refractivity contribution in [2.45, 2.75) is 44.2 Å². The van der Waals surface area contributed by atoms with E-state index in [1.807, 2.05) is 30.1 Å². The van der Waals surface area contributed by atoms with Gasteiger partial charge < -0.3 is 19.9 Å². The second kappa shape index (κ2) is 6.58. The molecule has 6 heteroatoms. The molecule has 6 nitrogen and oxygen atoms in total. The van der Waals surface area contributed by atoms with Crippen molar-refractivity contribution in [2.75, 3.05) is 31.6 Å². The Morgan fingerprint density at radius 3 is 2.72 bits per heavy atom. The van der Waals surface area contributed by atoms with Crippen molar-refractivity contribution >= 4 is 17.5 Å². The van der Waals surface area contributed by atoms with Gasteiger partial charge in [0, 0.05) is 31.7 Å². The monoisotopic (exact) mass is 343 g/mol. The van der Waals surface area contributed by atoms with E-state index in [4.69, 9.17) is 4.74 Å². The molecule has 3 aliphatic rings. The standard InChI is InChI=1S/C19H25N3O3/c1-21-12-15(11-18(23)20-14-5-6-14)25-17-7-4-13(10-16(17)21)19(24)22-8-2-3-9-22/h4,7,10,14-15H,2-3,5-6,8-9,11-12H2,1H3,(H,20,23)/t15-/m1/s1. The van der Waals surface area contributed by atoms with Gasteiger partial charge in [-0.15, -0.1) is 0 Å². The van der Waals surface area contributed by atoms with Crippen LogP contribution in [0, 0.1) is 0 Å². The number of likely N-dealkylation sites (N-methyl/N-ethyl adjacent to an activating group) is 1. The molecule has 134 valence electrons. The molecule has 1 aromatic carbocycles. The van der Waals surface area contributed by atoms with E-state index < -0.39 is 0 Å². The van der Waals surface area contributed by atoms with Crippen molar-refractivity contribution in [3.05, 3.63) is 23.8 Å². The van der Waals surface area contributed by atoms with E-state index in [2.05, 4.69) is 10.2 Å². The van der Waals surface area contributed by atoms with E-state index in [1.54, 1.807) is 0 Å². The number of ether oxygens (including phenoxy) is 1. The maximum atomic E-state index is 12.6. The maximum absolute atomic E-state index is 12.6. The average molecular weight is 343 g/mol. The number of rotatable bonds is 4. The Morgan fingerprint density at radius 2 is 2.00 bits per heavy atom. The highest BCUT2D eigenvalue weighted by Gasteiger charge is 2.29. The SMILES string of the molecule is CN1C[C@@H](CC(=O)NC2CC2)Oc2ccc(C(=O)N3CCCC3)cc21. The summed E-state index contributed by atoms with van der Waals surface area (Å²) in [7, 11) is 1.98. The fourth-order valence-corrected chi connectivity index (χ4v) is 3.60. The molecule has 2 heterocycles. The summed E-state index contributed by atoms with van der Waals surface area (Å²) < 4.78 is 6.01. The van der Waals surface area contributed by atoms with Crippen LogP contribution in [-0.2, 0) is 4.79 Å². The van der Waals surface area contributed by atoms with Gasteiger partial charge in [-0.25, -0.2) is 0 Å². The van der Waals surface area contributed by atoms with Crippen LogP contribution in [0.25, 0.3) is 0 Å². The zero-order valence-electron chi connectivity index (χ0n) is 14.7. The predicted octanol–water partition coefficient (Wildman–Crippen LogP) is 1.79. The molecule has 2 aliphatic heterocycles. The van der Waals surface area contributed by atoms with E-state index >= 15 is 0 Å². The highest BCUT2D eigenvalue weighted by atomic mass is 16.5. The number of hydrogen-bond donors (Lipinski definition) is 1. The largest absolute Gasteiger partial charge is 0.486 e. The number of anilines is 1. The molecule has 2 amide bonds. The second-order valence-electron chi connectivity index (χ2n) is 7.35. The van der Waals surface area contributed by atoms with Crippen LogP contribution in [0.2, 0.25) is 0 Å². The molecule has 0 spiro atoms. The van der Waals surface area contributed by atoms with Crippen molar-refractivity contribution in [3.8, 4) is 5.75 Å². The number of likely N-dealkylation sites (tertiary alicyclic amines) is 1. The fraction of sp³-hybridized carbons (Fsp3) is 0.579. The molecule has 1 aliphatic carbocycles. The Balaban J connectivity index is 1.44. The van der Waals surface area contributed by atoms with Crippen molar-refractivity contribution in [1.29, 1.82) is 0 Å². The first-order chi connectivity index (χ1) is 12.1. The number of nitrogens with one attached hydrogen (secondary N) is 1. The van der Waals surface area contributed by atoms with E-state index in [0.717, 1.165) is 50.2 Å². The van der Waals surface area contributed by atoms with Gasteiger partial charge in [0.15, 0.2) is 0 Å². The molecule has 25 heavy (non-hydrogen) atoms. The molecule has 1 saturated carbocycles.